The maximum Gasteiger partial charge on any atom is 0.316 e. The van der Waals surface area contributed by atoms with Gasteiger partial charge in [-0.25, -0.2) is 9.97 Å². The molecule has 2 unspecified atom stereocenters. The van der Waals surface area contributed by atoms with Crippen LogP contribution in [0, 0.1) is 0 Å². The van der Waals surface area contributed by atoms with Gasteiger partial charge in [0.05, 0.1) is 24.7 Å². The van der Waals surface area contributed by atoms with Crippen molar-refractivity contribution < 1.29 is 31.4 Å². The quantitative estimate of drug-likeness (QED) is 0.0753. The van der Waals surface area contributed by atoms with Gasteiger partial charge in [0.2, 0.25) is 0 Å². The van der Waals surface area contributed by atoms with Crippen LogP contribution in [0.4, 0.5) is 0 Å². The minimum absolute atomic E-state index is 0.178. The monoisotopic (exact) mass is 620 g/mol. The van der Waals surface area contributed by atoms with Crippen LogP contribution in [0.25, 0.3) is 0 Å². The van der Waals surface area contributed by atoms with E-state index in [0.29, 0.717) is 19.0 Å². The third-order valence-corrected chi connectivity index (χ3v) is 8.95. The Bertz CT molecular complexity index is 845. The molecular formula is C30H56N2O7S2. The van der Waals surface area contributed by atoms with E-state index < -0.39 is 27.0 Å². The number of hydrogen-bond acceptors (Lipinski definition) is 8. The molecule has 240 valence electrons. The molecule has 41 heavy (non-hydrogen) atoms. The van der Waals surface area contributed by atoms with Gasteiger partial charge >= 0.3 is 6.01 Å². The highest BCUT2D eigenvalue weighted by Crippen LogP contribution is 2.14. The summed E-state index contributed by atoms with van der Waals surface area (Å²) in [7, 11) is -5.20. The topological polar surface area (TPSA) is 125 Å². The van der Waals surface area contributed by atoms with E-state index in [1.165, 1.54) is 89.9 Å². The first-order valence-electron chi connectivity index (χ1n) is 15.8. The van der Waals surface area contributed by atoms with Gasteiger partial charge in [-0.15, -0.1) is 0 Å². The second kappa shape index (κ2) is 26.5. The minimum Gasteiger partial charge on any atom is -0.457 e. The number of hydrogen-bond donors (Lipinski definition) is 1. The van der Waals surface area contributed by atoms with Gasteiger partial charge in [0.25, 0.3) is 10.1 Å². The van der Waals surface area contributed by atoms with Crippen molar-refractivity contribution in [1.29, 1.82) is 0 Å². The molecule has 0 aliphatic rings. The highest BCUT2D eigenvalue weighted by atomic mass is 32.2. The Morgan fingerprint density at radius 3 is 1.80 bits per heavy atom. The summed E-state index contributed by atoms with van der Waals surface area (Å²) in [6, 6.07) is 1.93. The molecule has 1 N–H and O–H groups in total. The summed E-state index contributed by atoms with van der Waals surface area (Å²) in [5.74, 6) is 0.200. The first-order chi connectivity index (χ1) is 19.9. The number of unbranched alkanes of at least 4 members (excludes halogenated alkanes) is 15. The number of aromatic nitrogens is 2. The van der Waals surface area contributed by atoms with E-state index in [2.05, 4.69) is 16.9 Å². The second-order valence-corrected chi connectivity index (χ2v) is 13.9. The van der Waals surface area contributed by atoms with Crippen LogP contribution in [-0.4, -0.2) is 76.9 Å². The molecule has 0 fully saturated rings. The molecule has 1 heterocycles. The van der Waals surface area contributed by atoms with Gasteiger partial charge in [-0.3, -0.25) is 8.76 Å². The predicted octanol–water partition coefficient (Wildman–Crippen LogP) is 6.55. The SMILES string of the molecule is CCCCCCCCCCCCCCCCCCOCC(CS(=O)CCOCCCS(=O)(=O)O)Oc1ncccn1. The van der Waals surface area contributed by atoms with E-state index in [-0.39, 0.29) is 37.2 Å². The average Bonchev–Trinajstić information content (AvgIpc) is 2.94. The van der Waals surface area contributed by atoms with Crippen molar-refractivity contribution in [2.24, 2.45) is 0 Å². The molecule has 1 aromatic heterocycles. The molecule has 0 amide bonds. The number of ether oxygens (including phenoxy) is 3. The molecular weight excluding hydrogens is 564 g/mol. The van der Waals surface area contributed by atoms with Gasteiger partial charge in [0, 0.05) is 42.2 Å². The molecule has 0 aromatic carbocycles. The van der Waals surface area contributed by atoms with Gasteiger partial charge in [0.1, 0.15) is 6.10 Å². The standard InChI is InChI=1S/C30H56N2O7S2/c1-2-3-4-5-6-7-8-9-10-11-12-13-14-15-16-17-22-38-27-29(39-30-31-20-18-21-32-30)28-40(33)25-24-37-23-19-26-41(34,35)36/h18,20-21,29H,2-17,19,22-28H2,1H3,(H,34,35,36). The van der Waals surface area contributed by atoms with Crippen molar-refractivity contribution in [2.45, 2.75) is 122 Å². The summed E-state index contributed by atoms with van der Waals surface area (Å²) in [6.45, 7) is 3.62. The molecule has 0 spiro atoms. The normalized spacial score (nSPS) is 13.3. The van der Waals surface area contributed by atoms with Crippen molar-refractivity contribution in [3.05, 3.63) is 18.5 Å². The zero-order chi connectivity index (χ0) is 29.9. The van der Waals surface area contributed by atoms with E-state index in [0.717, 1.165) is 12.8 Å². The highest BCUT2D eigenvalue weighted by molar-refractivity contribution is 7.85. The Hall–Kier alpha value is -1.14. The predicted molar refractivity (Wildman–Crippen MR) is 167 cm³/mol. The van der Waals surface area contributed by atoms with Crippen molar-refractivity contribution in [3.63, 3.8) is 0 Å². The maximum atomic E-state index is 12.5. The molecule has 1 aromatic rings. The smallest absolute Gasteiger partial charge is 0.316 e. The Labute approximate surface area is 252 Å². The number of nitrogens with zero attached hydrogens (tertiary/aromatic N) is 2. The maximum absolute atomic E-state index is 12.5. The van der Waals surface area contributed by atoms with Crippen LogP contribution in [0.15, 0.2) is 18.5 Å². The third-order valence-electron chi connectivity index (χ3n) is 6.78. The lowest BCUT2D eigenvalue weighted by Gasteiger charge is -2.17. The Morgan fingerprint density at radius 2 is 1.27 bits per heavy atom. The van der Waals surface area contributed by atoms with Gasteiger partial charge < -0.3 is 14.2 Å². The molecule has 2 atom stereocenters. The summed E-state index contributed by atoms with van der Waals surface area (Å²) in [5, 5.41) is 0. The second-order valence-electron chi connectivity index (χ2n) is 10.7. The first kappa shape index (κ1) is 37.9. The molecule has 0 aliphatic heterocycles. The molecule has 0 radical (unpaired) electrons. The first-order valence-corrected chi connectivity index (χ1v) is 18.9. The van der Waals surface area contributed by atoms with Crippen LogP contribution in [0.3, 0.4) is 0 Å². The van der Waals surface area contributed by atoms with E-state index in [1.54, 1.807) is 18.5 Å². The summed E-state index contributed by atoms with van der Waals surface area (Å²) >= 11 is 0. The fourth-order valence-electron chi connectivity index (χ4n) is 4.47. The minimum atomic E-state index is -3.98. The van der Waals surface area contributed by atoms with Crippen LogP contribution < -0.4 is 4.74 Å². The van der Waals surface area contributed by atoms with Crippen molar-refractivity contribution in [3.8, 4) is 6.01 Å². The summed E-state index contributed by atoms with van der Waals surface area (Å²) < 4.78 is 59.7. The van der Waals surface area contributed by atoms with Crippen LogP contribution >= 0.6 is 0 Å². The molecule has 9 nitrogen and oxygen atoms in total. The third kappa shape index (κ3) is 26.2. The Balaban J connectivity index is 2.08. The number of rotatable bonds is 30. The van der Waals surface area contributed by atoms with Gasteiger partial charge in [-0.1, -0.05) is 103 Å². The molecule has 0 saturated carbocycles. The zero-order valence-corrected chi connectivity index (χ0v) is 27.0. The van der Waals surface area contributed by atoms with E-state index in [9.17, 15) is 12.6 Å². The Morgan fingerprint density at radius 1 is 0.756 bits per heavy atom. The van der Waals surface area contributed by atoms with Gasteiger partial charge in [-0.05, 0) is 18.9 Å². The van der Waals surface area contributed by atoms with Crippen molar-refractivity contribution >= 4 is 20.9 Å². The molecule has 11 heteroatoms. The summed E-state index contributed by atoms with van der Waals surface area (Å²) in [6.07, 6.45) is 24.2. The van der Waals surface area contributed by atoms with Crippen LogP contribution in [0.1, 0.15) is 116 Å². The van der Waals surface area contributed by atoms with Crippen LogP contribution in [0.5, 0.6) is 6.01 Å². The van der Waals surface area contributed by atoms with Crippen molar-refractivity contribution in [2.75, 3.05) is 43.7 Å². The summed E-state index contributed by atoms with van der Waals surface area (Å²) in [4.78, 5) is 8.18. The molecule has 1 rings (SSSR count). The van der Waals surface area contributed by atoms with Crippen LogP contribution in [-0.2, 0) is 30.4 Å². The lowest BCUT2D eigenvalue weighted by atomic mass is 10.0. The largest absolute Gasteiger partial charge is 0.457 e. The lowest BCUT2D eigenvalue weighted by Crippen LogP contribution is -2.31. The lowest BCUT2D eigenvalue weighted by molar-refractivity contribution is 0.0537. The Kier molecular flexibility index (Phi) is 24.5. The zero-order valence-electron chi connectivity index (χ0n) is 25.4. The van der Waals surface area contributed by atoms with Gasteiger partial charge in [-0.2, -0.15) is 8.42 Å². The van der Waals surface area contributed by atoms with Gasteiger partial charge in [0.15, 0.2) is 0 Å². The summed E-state index contributed by atoms with van der Waals surface area (Å²) in [5.41, 5.74) is 0. The van der Waals surface area contributed by atoms with E-state index in [1.807, 2.05) is 0 Å². The average molecular weight is 621 g/mol. The fraction of sp³-hybridized carbons (Fsp3) is 0.867. The molecule has 0 aliphatic carbocycles. The van der Waals surface area contributed by atoms with Crippen LogP contribution in [0.2, 0.25) is 0 Å². The molecule has 0 bridgehead atoms. The van der Waals surface area contributed by atoms with E-state index in [4.69, 9.17) is 18.8 Å². The highest BCUT2D eigenvalue weighted by Gasteiger charge is 2.17. The molecule has 0 saturated heterocycles. The van der Waals surface area contributed by atoms with Crippen molar-refractivity contribution in [1.82, 2.24) is 9.97 Å². The fourth-order valence-corrected chi connectivity index (χ4v) is 6.00. The van der Waals surface area contributed by atoms with E-state index >= 15 is 0 Å².